The van der Waals surface area contributed by atoms with Gasteiger partial charge in [0.15, 0.2) is 6.61 Å². The lowest BCUT2D eigenvalue weighted by Gasteiger charge is -2.34. The summed E-state index contributed by atoms with van der Waals surface area (Å²) in [6, 6.07) is 12.1. The largest absolute Gasteiger partial charge is 0.483 e. The van der Waals surface area contributed by atoms with Gasteiger partial charge >= 0.3 is 0 Å². The zero-order valence-electron chi connectivity index (χ0n) is 16.0. The fraction of sp³-hybridized carbons (Fsp3) is 0.476. The Bertz CT molecular complexity index is 745. The van der Waals surface area contributed by atoms with E-state index in [1.165, 1.54) is 0 Å². The molecule has 0 heterocycles. The molecule has 0 saturated heterocycles. The standard InChI is InChI=1S/C21H30N2O2/c1-20(2,3)14-21(4,5)23-12-17-16-9-7-6-8-15(16)10-11-18(17)25-13-19(22)24/h6-11,23H,12-14H2,1-5H3,(H2,22,24). The maximum Gasteiger partial charge on any atom is 0.255 e. The molecule has 25 heavy (non-hydrogen) atoms. The fourth-order valence-electron chi connectivity index (χ4n) is 3.50. The van der Waals surface area contributed by atoms with Crippen LogP contribution in [-0.2, 0) is 11.3 Å². The Morgan fingerprint density at radius 2 is 1.76 bits per heavy atom. The molecule has 0 aliphatic heterocycles. The van der Waals surface area contributed by atoms with Crippen molar-refractivity contribution in [3.8, 4) is 5.75 Å². The number of carbonyl (C=O) groups is 1. The van der Waals surface area contributed by atoms with Crippen LogP contribution in [0, 0.1) is 5.41 Å². The maximum atomic E-state index is 11.1. The number of fused-ring (bicyclic) bond motifs is 1. The molecule has 0 fully saturated rings. The third-order valence-electron chi connectivity index (χ3n) is 4.08. The minimum absolute atomic E-state index is 0.0177. The molecule has 2 aromatic rings. The van der Waals surface area contributed by atoms with Crippen molar-refractivity contribution < 1.29 is 9.53 Å². The van der Waals surface area contributed by atoms with Crippen molar-refractivity contribution in [3.63, 3.8) is 0 Å². The summed E-state index contributed by atoms with van der Waals surface area (Å²) in [5, 5.41) is 5.94. The van der Waals surface area contributed by atoms with Gasteiger partial charge in [0.2, 0.25) is 0 Å². The topological polar surface area (TPSA) is 64.3 Å². The summed E-state index contributed by atoms with van der Waals surface area (Å²) in [6.07, 6.45) is 1.04. The number of primary amides is 1. The molecule has 0 spiro atoms. The van der Waals surface area contributed by atoms with Gasteiger partial charge in [-0.15, -0.1) is 0 Å². The lowest BCUT2D eigenvalue weighted by molar-refractivity contribution is -0.119. The normalized spacial score (nSPS) is 12.4. The number of rotatable bonds is 7. The third kappa shape index (κ3) is 5.75. The van der Waals surface area contributed by atoms with Gasteiger partial charge in [-0.3, -0.25) is 4.79 Å². The number of hydrogen-bond acceptors (Lipinski definition) is 3. The van der Waals surface area contributed by atoms with Crippen LogP contribution in [0.5, 0.6) is 5.75 Å². The van der Waals surface area contributed by atoms with Crippen LogP contribution in [0.3, 0.4) is 0 Å². The Morgan fingerprint density at radius 1 is 1.08 bits per heavy atom. The van der Waals surface area contributed by atoms with Gasteiger partial charge in [0.1, 0.15) is 5.75 Å². The molecule has 136 valence electrons. The van der Waals surface area contributed by atoms with E-state index in [2.05, 4.69) is 52.1 Å². The first-order chi connectivity index (χ1) is 11.6. The van der Waals surface area contributed by atoms with Crippen LogP contribution in [0.1, 0.15) is 46.6 Å². The molecule has 0 unspecified atom stereocenters. The number of benzene rings is 2. The average Bonchev–Trinajstić information content (AvgIpc) is 2.48. The molecule has 0 radical (unpaired) electrons. The van der Waals surface area contributed by atoms with E-state index in [1.54, 1.807) is 0 Å². The van der Waals surface area contributed by atoms with E-state index in [0.29, 0.717) is 12.3 Å². The van der Waals surface area contributed by atoms with Crippen LogP contribution in [0.4, 0.5) is 0 Å². The Labute approximate surface area is 150 Å². The fourth-order valence-corrected chi connectivity index (χ4v) is 3.50. The predicted octanol–water partition coefficient (Wildman–Crippen LogP) is 4.01. The second-order valence-corrected chi connectivity index (χ2v) is 8.49. The quantitative estimate of drug-likeness (QED) is 0.799. The van der Waals surface area contributed by atoms with E-state index in [-0.39, 0.29) is 17.6 Å². The van der Waals surface area contributed by atoms with Gasteiger partial charge in [0.05, 0.1) is 0 Å². The summed E-state index contributed by atoms with van der Waals surface area (Å²) in [5.74, 6) is 0.233. The molecule has 0 saturated carbocycles. The van der Waals surface area contributed by atoms with Crippen molar-refractivity contribution in [1.82, 2.24) is 5.32 Å². The molecular weight excluding hydrogens is 312 g/mol. The maximum absolute atomic E-state index is 11.1. The highest BCUT2D eigenvalue weighted by atomic mass is 16.5. The summed E-state index contributed by atoms with van der Waals surface area (Å²) in [6.45, 7) is 11.7. The predicted molar refractivity (Wildman–Crippen MR) is 104 cm³/mol. The van der Waals surface area contributed by atoms with Crippen LogP contribution in [0.25, 0.3) is 10.8 Å². The Balaban J connectivity index is 2.30. The van der Waals surface area contributed by atoms with Gasteiger partial charge in [-0.25, -0.2) is 0 Å². The van der Waals surface area contributed by atoms with E-state index in [9.17, 15) is 4.79 Å². The summed E-state index contributed by atoms with van der Waals surface area (Å²) < 4.78 is 5.66. The van der Waals surface area contributed by atoms with Gasteiger partial charge in [-0.05, 0) is 42.5 Å². The van der Waals surface area contributed by atoms with Gasteiger partial charge in [0.25, 0.3) is 5.91 Å². The van der Waals surface area contributed by atoms with E-state index in [4.69, 9.17) is 10.5 Å². The molecule has 0 bridgehead atoms. The molecule has 0 atom stereocenters. The van der Waals surface area contributed by atoms with Crippen molar-refractivity contribution in [2.24, 2.45) is 11.1 Å². The van der Waals surface area contributed by atoms with E-state index in [0.717, 1.165) is 22.8 Å². The van der Waals surface area contributed by atoms with Gasteiger partial charge in [0, 0.05) is 17.6 Å². The Hall–Kier alpha value is -2.07. The second-order valence-electron chi connectivity index (χ2n) is 8.49. The SMILES string of the molecule is CC(C)(C)CC(C)(C)NCc1c(OCC(N)=O)ccc2ccccc12. The molecule has 3 N–H and O–H groups in total. The first-order valence-corrected chi connectivity index (χ1v) is 8.74. The Kier molecular flexibility index (Phi) is 5.73. The lowest BCUT2D eigenvalue weighted by atomic mass is 9.81. The van der Waals surface area contributed by atoms with Crippen LogP contribution >= 0.6 is 0 Å². The molecular formula is C21H30N2O2. The summed E-state index contributed by atoms with van der Waals surface area (Å²) >= 11 is 0. The summed E-state index contributed by atoms with van der Waals surface area (Å²) in [4.78, 5) is 11.1. The van der Waals surface area contributed by atoms with Crippen molar-refractivity contribution in [2.45, 2.75) is 53.1 Å². The highest BCUT2D eigenvalue weighted by Gasteiger charge is 2.25. The lowest BCUT2D eigenvalue weighted by Crippen LogP contribution is -2.42. The van der Waals surface area contributed by atoms with Crippen molar-refractivity contribution in [3.05, 3.63) is 42.0 Å². The van der Waals surface area contributed by atoms with Crippen molar-refractivity contribution in [1.29, 1.82) is 0 Å². The molecule has 1 amide bonds. The smallest absolute Gasteiger partial charge is 0.255 e. The highest BCUT2D eigenvalue weighted by Crippen LogP contribution is 2.31. The van der Waals surface area contributed by atoms with Gasteiger partial charge in [-0.2, -0.15) is 0 Å². The third-order valence-corrected chi connectivity index (χ3v) is 4.08. The number of amides is 1. The molecule has 2 rings (SSSR count). The molecule has 0 aromatic heterocycles. The van der Waals surface area contributed by atoms with Crippen molar-refractivity contribution >= 4 is 16.7 Å². The number of nitrogens with two attached hydrogens (primary N) is 1. The van der Waals surface area contributed by atoms with Crippen LogP contribution in [0.2, 0.25) is 0 Å². The first kappa shape index (κ1) is 19.3. The minimum Gasteiger partial charge on any atom is -0.483 e. The molecule has 4 nitrogen and oxygen atoms in total. The summed E-state index contributed by atoms with van der Waals surface area (Å²) in [7, 11) is 0. The number of ether oxygens (including phenoxy) is 1. The van der Waals surface area contributed by atoms with Gasteiger partial charge < -0.3 is 15.8 Å². The highest BCUT2D eigenvalue weighted by molar-refractivity contribution is 5.88. The number of hydrogen-bond donors (Lipinski definition) is 2. The number of nitrogens with one attached hydrogen (secondary N) is 1. The molecule has 0 aliphatic rings. The van der Waals surface area contributed by atoms with Crippen LogP contribution in [0.15, 0.2) is 36.4 Å². The van der Waals surface area contributed by atoms with Gasteiger partial charge in [-0.1, -0.05) is 51.1 Å². The van der Waals surface area contributed by atoms with E-state index >= 15 is 0 Å². The van der Waals surface area contributed by atoms with E-state index < -0.39 is 5.91 Å². The molecule has 4 heteroatoms. The first-order valence-electron chi connectivity index (χ1n) is 8.74. The average molecular weight is 342 g/mol. The zero-order chi connectivity index (χ0) is 18.7. The molecule has 2 aromatic carbocycles. The Morgan fingerprint density at radius 3 is 2.40 bits per heavy atom. The molecule has 0 aliphatic carbocycles. The monoisotopic (exact) mass is 342 g/mol. The zero-order valence-corrected chi connectivity index (χ0v) is 16.0. The number of carbonyl (C=O) groups excluding carboxylic acids is 1. The minimum atomic E-state index is -0.472. The summed E-state index contributed by atoms with van der Waals surface area (Å²) in [5.41, 5.74) is 6.51. The van der Waals surface area contributed by atoms with Crippen LogP contribution in [-0.4, -0.2) is 18.1 Å². The van der Waals surface area contributed by atoms with E-state index in [1.807, 2.05) is 24.3 Å². The second kappa shape index (κ2) is 7.44. The van der Waals surface area contributed by atoms with Crippen LogP contribution < -0.4 is 15.8 Å². The van der Waals surface area contributed by atoms with Crippen molar-refractivity contribution in [2.75, 3.05) is 6.61 Å².